The molecule has 1 unspecified atom stereocenters. The Labute approximate surface area is 293 Å². The van der Waals surface area contributed by atoms with Crippen LogP contribution in [-0.2, 0) is 36.9 Å². The Bertz CT molecular complexity index is 1620. The number of hydrogen-bond acceptors (Lipinski definition) is 7. The number of carbonyl (C=O) groups excluding carboxylic acids is 5. The van der Waals surface area contributed by atoms with Crippen molar-refractivity contribution in [3.05, 3.63) is 83.9 Å². The molecule has 268 valence electrons. The maximum atomic E-state index is 14.0. The molecule has 0 bridgehead atoms. The molecule has 12 heteroatoms. The fourth-order valence-electron chi connectivity index (χ4n) is 6.06. The number of benzene rings is 3. The lowest BCUT2D eigenvalue weighted by Gasteiger charge is -2.29. The molecule has 4 rings (SSSR count). The van der Waals surface area contributed by atoms with Gasteiger partial charge in [-0.25, -0.2) is 4.79 Å². The van der Waals surface area contributed by atoms with Gasteiger partial charge in [-0.1, -0.05) is 86.6 Å². The van der Waals surface area contributed by atoms with E-state index in [1.807, 2.05) is 86.6 Å². The molecular weight excluding hydrogens is 638 g/mol. The number of fused-ring (bicyclic) bond motifs is 1. The lowest BCUT2D eigenvalue weighted by atomic mass is 9.93. The van der Waals surface area contributed by atoms with Crippen molar-refractivity contribution >= 4 is 40.5 Å². The Morgan fingerprint density at radius 3 is 2.18 bits per heavy atom. The highest BCUT2D eigenvalue weighted by atomic mass is 16.5. The molecule has 3 aromatic rings. The minimum atomic E-state index is -1.63. The number of alkyl carbamates (subject to hydrolysis) is 1. The number of ether oxygens (including phenoxy) is 1. The molecule has 12 nitrogen and oxygen atoms in total. The van der Waals surface area contributed by atoms with Gasteiger partial charge >= 0.3 is 6.09 Å². The van der Waals surface area contributed by atoms with E-state index in [4.69, 9.17) is 4.74 Å². The van der Waals surface area contributed by atoms with E-state index in [9.17, 15) is 29.1 Å². The van der Waals surface area contributed by atoms with Crippen molar-refractivity contribution in [3.63, 3.8) is 0 Å². The van der Waals surface area contributed by atoms with Gasteiger partial charge in [-0.2, -0.15) is 0 Å². The van der Waals surface area contributed by atoms with Crippen molar-refractivity contribution in [1.82, 2.24) is 26.6 Å². The third kappa shape index (κ3) is 11.0. The first kappa shape index (κ1) is 37.8. The molecule has 1 saturated heterocycles. The summed E-state index contributed by atoms with van der Waals surface area (Å²) in [6.07, 6.45) is -1.57. The second-order valence-corrected chi connectivity index (χ2v) is 13.5. The predicted octanol–water partition coefficient (Wildman–Crippen LogP) is 3.10. The molecule has 1 fully saturated rings. The predicted molar refractivity (Wildman–Crippen MR) is 190 cm³/mol. The SMILES string of the molecule is CC(C)C[C@H](NC(=O)[C@H](Cc1cccc2ccccc12)NC(=O)OCc1ccccc1)C(=O)N[C@@H](C[C@@H]1CCNC1=O)C(O)C(=O)NC(C)C. The van der Waals surface area contributed by atoms with Crippen LogP contribution < -0.4 is 26.6 Å². The van der Waals surface area contributed by atoms with Gasteiger partial charge in [0.2, 0.25) is 17.7 Å². The average Bonchev–Trinajstić information content (AvgIpc) is 3.49. The molecule has 5 atom stereocenters. The van der Waals surface area contributed by atoms with Crippen molar-refractivity contribution in [2.45, 2.75) is 90.3 Å². The molecule has 6 N–H and O–H groups in total. The Morgan fingerprint density at radius 1 is 0.820 bits per heavy atom. The summed E-state index contributed by atoms with van der Waals surface area (Å²) in [7, 11) is 0. The average molecular weight is 688 g/mol. The number of amides is 5. The van der Waals surface area contributed by atoms with Crippen LogP contribution in [0.25, 0.3) is 10.8 Å². The molecule has 5 amide bonds. The van der Waals surface area contributed by atoms with Crippen LogP contribution in [0.5, 0.6) is 0 Å². The van der Waals surface area contributed by atoms with Gasteiger partial charge in [0.25, 0.3) is 5.91 Å². The number of rotatable bonds is 16. The zero-order chi connectivity index (χ0) is 36.2. The molecule has 0 saturated carbocycles. The van der Waals surface area contributed by atoms with Gasteiger partial charge in [0, 0.05) is 24.9 Å². The number of nitrogens with one attached hydrogen (secondary N) is 5. The Kier molecular flexibility index (Phi) is 13.7. The Balaban J connectivity index is 1.56. The molecule has 1 aliphatic heterocycles. The highest BCUT2D eigenvalue weighted by molar-refractivity contribution is 5.93. The van der Waals surface area contributed by atoms with E-state index in [1.54, 1.807) is 13.8 Å². The first-order valence-corrected chi connectivity index (χ1v) is 17.2. The highest BCUT2D eigenvalue weighted by Crippen LogP contribution is 2.21. The number of aliphatic hydroxyl groups is 1. The number of aliphatic hydroxyl groups excluding tert-OH is 1. The zero-order valence-corrected chi connectivity index (χ0v) is 29.1. The molecular formula is C38H49N5O7. The van der Waals surface area contributed by atoms with Gasteiger partial charge in [0.1, 0.15) is 18.7 Å². The van der Waals surface area contributed by atoms with Crippen molar-refractivity contribution in [2.24, 2.45) is 11.8 Å². The third-order valence-corrected chi connectivity index (χ3v) is 8.58. The summed E-state index contributed by atoms with van der Waals surface area (Å²) in [5.74, 6) is -2.67. The zero-order valence-electron chi connectivity index (χ0n) is 29.1. The van der Waals surface area contributed by atoms with Crippen LogP contribution in [0.4, 0.5) is 4.79 Å². The van der Waals surface area contributed by atoms with Crippen LogP contribution in [0, 0.1) is 11.8 Å². The van der Waals surface area contributed by atoms with E-state index in [0.717, 1.165) is 21.9 Å². The first-order chi connectivity index (χ1) is 23.9. The van der Waals surface area contributed by atoms with Crippen molar-refractivity contribution in [2.75, 3.05) is 6.54 Å². The van der Waals surface area contributed by atoms with Crippen molar-refractivity contribution < 1.29 is 33.8 Å². The van der Waals surface area contributed by atoms with Crippen LogP contribution in [0.15, 0.2) is 72.8 Å². The maximum absolute atomic E-state index is 14.0. The summed E-state index contributed by atoms with van der Waals surface area (Å²) in [4.78, 5) is 66.2. The molecule has 0 aliphatic carbocycles. The lowest BCUT2D eigenvalue weighted by Crippen LogP contribution is -2.59. The van der Waals surface area contributed by atoms with Gasteiger partial charge in [-0.05, 0) is 60.9 Å². The van der Waals surface area contributed by atoms with Gasteiger partial charge in [-0.15, -0.1) is 0 Å². The quantitative estimate of drug-likeness (QED) is 0.134. The van der Waals surface area contributed by atoms with E-state index < -0.39 is 54.0 Å². The first-order valence-electron chi connectivity index (χ1n) is 17.2. The van der Waals surface area contributed by atoms with E-state index in [0.29, 0.717) is 13.0 Å². The molecule has 1 aliphatic rings. The summed E-state index contributed by atoms with van der Waals surface area (Å²) in [5.41, 5.74) is 1.59. The summed E-state index contributed by atoms with van der Waals surface area (Å²) >= 11 is 0. The van der Waals surface area contributed by atoms with Crippen LogP contribution in [-0.4, -0.2) is 71.6 Å². The van der Waals surface area contributed by atoms with E-state index in [1.165, 1.54) is 0 Å². The second-order valence-electron chi connectivity index (χ2n) is 13.5. The summed E-state index contributed by atoms with van der Waals surface area (Å²) in [5, 5.41) is 26.6. The van der Waals surface area contributed by atoms with Gasteiger partial charge in [-0.3, -0.25) is 19.2 Å². The normalized spacial score (nSPS) is 16.6. The van der Waals surface area contributed by atoms with Gasteiger partial charge < -0.3 is 36.4 Å². The summed E-state index contributed by atoms with van der Waals surface area (Å²) in [6, 6.07) is 19.0. The largest absolute Gasteiger partial charge is 0.445 e. The number of hydrogen-bond donors (Lipinski definition) is 6. The van der Waals surface area contributed by atoms with Crippen molar-refractivity contribution in [3.8, 4) is 0 Å². The van der Waals surface area contributed by atoms with Crippen LogP contribution >= 0.6 is 0 Å². The van der Waals surface area contributed by atoms with Crippen LogP contribution in [0.3, 0.4) is 0 Å². The minimum absolute atomic E-state index is 0.000772. The molecule has 0 spiro atoms. The molecule has 3 aromatic carbocycles. The van der Waals surface area contributed by atoms with E-state index >= 15 is 0 Å². The van der Waals surface area contributed by atoms with E-state index in [2.05, 4.69) is 26.6 Å². The van der Waals surface area contributed by atoms with E-state index in [-0.39, 0.29) is 43.7 Å². The fourth-order valence-corrected chi connectivity index (χ4v) is 6.06. The Morgan fingerprint density at radius 2 is 1.50 bits per heavy atom. The second kappa shape index (κ2) is 18.1. The summed E-state index contributed by atoms with van der Waals surface area (Å²) in [6.45, 7) is 7.74. The molecule has 0 radical (unpaired) electrons. The van der Waals surface area contributed by atoms with Gasteiger partial charge in [0.05, 0.1) is 6.04 Å². The maximum Gasteiger partial charge on any atom is 0.408 e. The fraction of sp³-hybridized carbons (Fsp3) is 0.447. The van der Waals surface area contributed by atoms with Crippen LogP contribution in [0.2, 0.25) is 0 Å². The third-order valence-electron chi connectivity index (χ3n) is 8.58. The number of carbonyl (C=O) groups is 5. The van der Waals surface area contributed by atoms with Crippen molar-refractivity contribution in [1.29, 1.82) is 0 Å². The molecule has 50 heavy (non-hydrogen) atoms. The van der Waals surface area contributed by atoms with Crippen LogP contribution in [0.1, 0.15) is 58.1 Å². The molecule has 0 aromatic heterocycles. The van der Waals surface area contributed by atoms with Gasteiger partial charge in [0.15, 0.2) is 6.10 Å². The lowest BCUT2D eigenvalue weighted by molar-refractivity contribution is -0.136. The smallest absolute Gasteiger partial charge is 0.408 e. The minimum Gasteiger partial charge on any atom is -0.445 e. The monoisotopic (exact) mass is 687 g/mol. The standard InChI is InChI=1S/C38H49N5O7/c1-23(2)19-31(35(46)41-30(21-28-17-18-39-34(28)45)33(44)37(48)40-24(3)4)42-36(47)32(43-38(49)50-22-25-11-6-5-7-12-25)20-27-15-10-14-26-13-8-9-16-29(26)27/h5-16,23-24,28,30-33,44H,17-22H2,1-4H3,(H,39,45)(H,40,48)(H,41,46)(H,42,47)(H,43,49)/t28-,30-,31-,32-,33?/m0/s1. The Hall–Kier alpha value is -4.97. The topological polar surface area (TPSA) is 175 Å². The highest BCUT2D eigenvalue weighted by Gasteiger charge is 2.36. The summed E-state index contributed by atoms with van der Waals surface area (Å²) < 4.78 is 5.44. The molecule has 1 heterocycles.